The molecule has 1 aliphatic heterocycles. The van der Waals surface area contributed by atoms with Crippen LogP contribution in [0, 0.1) is 12.3 Å². The second kappa shape index (κ2) is 9.97. The first-order chi connectivity index (χ1) is 20.3. The van der Waals surface area contributed by atoms with E-state index in [2.05, 4.69) is 5.10 Å². The number of hydrogen-bond donors (Lipinski definition) is 1. The Balaban J connectivity index is 1.53. The summed E-state index contributed by atoms with van der Waals surface area (Å²) in [5.74, 6) is -2.15. The minimum Gasteiger partial charge on any atom is -0.295 e. The molecule has 1 unspecified atom stereocenters. The zero-order chi connectivity index (χ0) is 30.7. The van der Waals surface area contributed by atoms with Crippen LogP contribution in [0.25, 0.3) is 5.69 Å². The van der Waals surface area contributed by atoms with Crippen LogP contribution in [0.5, 0.6) is 0 Å². The van der Waals surface area contributed by atoms with E-state index in [0.717, 1.165) is 20.7 Å². The molecular formula is C34H30F3N3O3. The summed E-state index contributed by atoms with van der Waals surface area (Å²) in [6.45, 7) is 4.90. The first-order valence-corrected chi connectivity index (χ1v) is 14.0. The lowest BCUT2D eigenvalue weighted by molar-refractivity contribution is -0.184. The lowest BCUT2D eigenvalue weighted by Gasteiger charge is -2.35. The summed E-state index contributed by atoms with van der Waals surface area (Å²) in [5, 5.41) is 2.77. The van der Waals surface area contributed by atoms with Gasteiger partial charge in [0.2, 0.25) is 5.41 Å². The maximum atomic E-state index is 15.6. The number of aromatic nitrogens is 2. The van der Waals surface area contributed by atoms with Gasteiger partial charge in [-0.05, 0) is 60.6 Å². The molecule has 6 rings (SSSR count). The molecule has 6 nitrogen and oxygen atoms in total. The molecule has 2 heterocycles. The molecule has 1 aromatic heterocycles. The van der Waals surface area contributed by atoms with Crippen molar-refractivity contribution in [1.82, 2.24) is 9.78 Å². The van der Waals surface area contributed by atoms with Gasteiger partial charge in [-0.3, -0.25) is 24.4 Å². The van der Waals surface area contributed by atoms with Crippen LogP contribution in [0.2, 0.25) is 0 Å². The molecule has 4 aromatic rings. The van der Waals surface area contributed by atoms with E-state index in [0.29, 0.717) is 12.1 Å². The number of nitrogens with zero attached hydrogens (tertiary/aromatic N) is 2. The number of benzene rings is 3. The molecule has 43 heavy (non-hydrogen) atoms. The van der Waals surface area contributed by atoms with E-state index in [1.165, 1.54) is 19.1 Å². The second-order valence-electron chi connectivity index (χ2n) is 12.1. The van der Waals surface area contributed by atoms with Crippen LogP contribution >= 0.6 is 0 Å². The van der Waals surface area contributed by atoms with E-state index in [4.69, 9.17) is 0 Å². The lowest BCUT2D eigenvalue weighted by Crippen LogP contribution is -2.55. The van der Waals surface area contributed by atoms with Crippen molar-refractivity contribution in [3.63, 3.8) is 0 Å². The number of carbonyl (C=O) groups is 2. The van der Waals surface area contributed by atoms with Crippen LogP contribution in [-0.2, 0) is 21.4 Å². The molecule has 3 aromatic carbocycles. The molecule has 0 radical (unpaired) electrons. The van der Waals surface area contributed by atoms with Gasteiger partial charge in [0.05, 0.1) is 11.3 Å². The molecule has 0 spiro atoms. The summed E-state index contributed by atoms with van der Waals surface area (Å²) < 4.78 is 47.9. The minimum atomic E-state index is -5.28. The van der Waals surface area contributed by atoms with Gasteiger partial charge in [0, 0.05) is 29.1 Å². The van der Waals surface area contributed by atoms with Gasteiger partial charge in [-0.25, -0.2) is 4.68 Å². The Morgan fingerprint density at radius 2 is 1.37 bits per heavy atom. The van der Waals surface area contributed by atoms with E-state index in [1.54, 1.807) is 56.3 Å². The predicted octanol–water partition coefficient (Wildman–Crippen LogP) is 6.55. The number of hydrogen-bond acceptors (Lipinski definition) is 3. The van der Waals surface area contributed by atoms with Gasteiger partial charge < -0.3 is 0 Å². The third-order valence-electron chi connectivity index (χ3n) is 8.35. The number of alkyl halides is 3. The highest BCUT2D eigenvalue weighted by atomic mass is 19.4. The zero-order valence-corrected chi connectivity index (χ0v) is 24.0. The first kappa shape index (κ1) is 28.5. The number of carbonyl (C=O) groups excluding carboxylic acids is 2. The fourth-order valence-electron chi connectivity index (χ4n) is 6.55. The summed E-state index contributed by atoms with van der Waals surface area (Å²) in [4.78, 5) is 43.0. The molecule has 0 saturated heterocycles. The molecular weight excluding hydrogens is 555 g/mol. The van der Waals surface area contributed by atoms with Gasteiger partial charge in [0.15, 0.2) is 5.78 Å². The summed E-state index contributed by atoms with van der Waals surface area (Å²) in [5.41, 5.74) is -4.19. The van der Waals surface area contributed by atoms with E-state index in [-0.39, 0.29) is 29.9 Å². The molecule has 0 fully saturated rings. The van der Waals surface area contributed by atoms with Crippen LogP contribution in [0.1, 0.15) is 49.1 Å². The van der Waals surface area contributed by atoms with Crippen molar-refractivity contribution in [3.05, 3.63) is 129 Å². The quantitative estimate of drug-likeness (QED) is 0.289. The highest BCUT2D eigenvalue weighted by Gasteiger charge is 2.73. The maximum Gasteiger partial charge on any atom is 0.411 e. The number of aryl methyl sites for hydroxylation is 1. The van der Waals surface area contributed by atoms with Gasteiger partial charge in [0.25, 0.3) is 11.5 Å². The SMILES string of the molecule is Cc1[nH]n(-c2ccc(Cc3ccccc3)cc2)c(=O)c1C1(C(F)(F)F)C(=O)N(c2ccccc2)C2=C1C(=O)CC(C)(C)C2. The molecule has 0 saturated carbocycles. The zero-order valence-electron chi connectivity index (χ0n) is 24.0. The number of para-hydroxylation sites is 1. The third-order valence-corrected chi connectivity index (χ3v) is 8.35. The molecule has 0 bridgehead atoms. The summed E-state index contributed by atoms with van der Waals surface area (Å²) in [7, 11) is 0. The molecule has 1 N–H and O–H groups in total. The maximum absolute atomic E-state index is 15.6. The molecule has 2 aliphatic rings. The standard InChI is InChI=1S/C34H30F3N3O3/c1-21-28(30(42)40(38-21)25-16-14-23(15-17-25)18-22-10-6-4-7-11-22)33(34(35,36)37)29-26(19-32(2,3)20-27(29)41)39(31(33)43)24-12-8-5-9-13-24/h4-17,38H,18-20H2,1-3H3. The summed E-state index contributed by atoms with van der Waals surface area (Å²) in [6.07, 6.45) is -4.76. The van der Waals surface area contributed by atoms with Crippen molar-refractivity contribution in [2.75, 3.05) is 4.90 Å². The topological polar surface area (TPSA) is 75.2 Å². The fraction of sp³-hybridized carbons (Fsp3) is 0.265. The van der Waals surface area contributed by atoms with Gasteiger partial charge >= 0.3 is 6.18 Å². The van der Waals surface area contributed by atoms with Crippen molar-refractivity contribution < 1.29 is 22.8 Å². The summed E-state index contributed by atoms with van der Waals surface area (Å²) >= 11 is 0. The lowest BCUT2D eigenvalue weighted by atomic mass is 9.66. The Bertz CT molecular complexity index is 1820. The highest BCUT2D eigenvalue weighted by Crippen LogP contribution is 2.58. The largest absolute Gasteiger partial charge is 0.411 e. The Morgan fingerprint density at radius 1 is 0.791 bits per heavy atom. The highest BCUT2D eigenvalue weighted by molar-refractivity contribution is 6.20. The molecule has 1 atom stereocenters. The van der Waals surface area contributed by atoms with Crippen molar-refractivity contribution in [2.24, 2.45) is 5.41 Å². The van der Waals surface area contributed by atoms with Crippen LogP contribution in [0.3, 0.4) is 0 Å². The second-order valence-corrected chi connectivity index (χ2v) is 12.1. The molecule has 9 heteroatoms. The van der Waals surface area contributed by atoms with Crippen LogP contribution in [0.15, 0.2) is 101 Å². The Kier molecular flexibility index (Phi) is 6.60. The number of aromatic amines is 1. The van der Waals surface area contributed by atoms with Crippen molar-refractivity contribution >= 4 is 17.4 Å². The number of ketones is 1. The Hall–Kier alpha value is -4.66. The Labute approximate surface area is 246 Å². The Morgan fingerprint density at radius 3 is 1.98 bits per heavy atom. The van der Waals surface area contributed by atoms with Gasteiger partial charge in [-0.1, -0.05) is 74.5 Å². The number of halogens is 3. The molecule has 1 amide bonds. The van der Waals surface area contributed by atoms with Crippen molar-refractivity contribution in [1.29, 1.82) is 0 Å². The summed E-state index contributed by atoms with van der Waals surface area (Å²) in [6, 6.07) is 24.6. The number of anilines is 1. The van der Waals surface area contributed by atoms with Crippen LogP contribution < -0.4 is 10.5 Å². The average Bonchev–Trinajstić information content (AvgIpc) is 3.39. The number of allylic oxidation sites excluding steroid dienone is 1. The minimum absolute atomic E-state index is 0.00779. The number of H-pyrrole nitrogens is 1. The van der Waals surface area contributed by atoms with E-state index in [9.17, 15) is 14.4 Å². The number of rotatable bonds is 5. The average molecular weight is 586 g/mol. The first-order valence-electron chi connectivity index (χ1n) is 14.0. The van der Waals surface area contributed by atoms with E-state index in [1.807, 2.05) is 30.3 Å². The molecule has 220 valence electrons. The van der Waals surface area contributed by atoms with Gasteiger partial charge in [-0.15, -0.1) is 0 Å². The monoisotopic (exact) mass is 585 g/mol. The fourth-order valence-corrected chi connectivity index (χ4v) is 6.55. The van der Waals surface area contributed by atoms with Crippen molar-refractivity contribution in [3.8, 4) is 5.69 Å². The smallest absolute Gasteiger partial charge is 0.295 e. The number of Topliss-reactive ketones (excluding diaryl/α,β-unsaturated/α-hetero) is 1. The third kappa shape index (κ3) is 4.45. The predicted molar refractivity (Wildman–Crippen MR) is 157 cm³/mol. The van der Waals surface area contributed by atoms with E-state index < -0.39 is 45.4 Å². The van der Waals surface area contributed by atoms with Crippen molar-refractivity contribution in [2.45, 2.75) is 51.6 Å². The van der Waals surface area contributed by atoms with Crippen LogP contribution in [-0.4, -0.2) is 27.6 Å². The van der Waals surface area contributed by atoms with Crippen LogP contribution in [0.4, 0.5) is 18.9 Å². The van der Waals surface area contributed by atoms with E-state index >= 15 is 13.2 Å². The molecule has 1 aliphatic carbocycles. The van der Waals surface area contributed by atoms with Gasteiger partial charge in [0.1, 0.15) is 0 Å². The number of nitrogens with one attached hydrogen (secondary N) is 1. The number of amides is 1. The normalized spacial score (nSPS) is 20.1. The van der Waals surface area contributed by atoms with Gasteiger partial charge in [-0.2, -0.15) is 13.2 Å².